The van der Waals surface area contributed by atoms with Crippen LogP contribution >= 0.6 is 0 Å². The zero-order valence-electron chi connectivity index (χ0n) is 6.69. The van der Waals surface area contributed by atoms with Crippen molar-refractivity contribution < 1.29 is 9.59 Å². The van der Waals surface area contributed by atoms with Gasteiger partial charge in [-0.1, -0.05) is 12.2 Å². The Kier molecular flexibility index (Phi) is 1.03. The molecule has 0 aromatic carbocycles. The molecule has 3 rings (SSSR count). The van der Waals surface area contributed by atoms with Crippen LogP contribution < -0.4 is 0 Å². The van der Waals surface area contributed by atoms with Gasteiger partial charge in [0.15, 0.2) is 0 Å². The number of carbonyl (C=O) groups is 2. The largest absolute Gasteiger partial charge is 0.299 e. The minimum atomic E-state index is 0.103. The molecule has 0 heterocycles. The van der Waals surface area contributed by atoms with Gasteiger partial charge in [-0.2, -0.15) is 0 Å². The highest BCUT2D eigenvalue weighted by Gasteiger charge is 2.54. The molecule has 2 heteroatoms. The maximum atomic E-state index is 11.4. The van der Waals surface area contributed by atoms with Gasteiger partial charge in [-0.25, -0.2) is 0 Å². The summed E-state index contributed by atoms with van der Waals surface area (Å²) in [6.45, 7) is 0. The second kappa shape index (κ2) is 1.87. The standard InChI is InChI=1S/C10H10O2/c11-8-3-5-4-9(12)7-2-1-6(8)10(5)7/h1-2,5-7,10H,3-4H2/t5?,6-,7+,10?. The maximum Gasteiger partial charge on any atom is 0.140 e. The Morgan fingerprint density at radius 2 is 1.50 bits per heavy atom. The van der Waals surface area contributed by atoms with E-state index in [1.807, 2.05) is 12.2 Å². The zero-order valence-corrected chi connectivity index (χ0v) is 6.69. The van der Waals surface area contributed by atoms with Crippen molar-refractivity contribution in [1.29, 1.82) is 0 Å². The Morgan fingerprint density at radius 3 is 2.00 bits per heavy atom. The minimum absolute atomic E-state index is 0.103. The lowest BCUT2D eigenvalue weighted by Gasteiger charge is -2.10. The first-order chi connectivity index (χ1) is 5.77. The summed E-state index contributed by atoms with van der Waals surface area (Å²) in [5.74, 6) is 1.67. The molecule has 0 aromatic heterocycles. The molecule has 3 aliphatic rings. The monoisotopic (exact) mass is 162 g/mol. The van der Waals surface area contributed by atoms with Crippen molar-refractivity contribution in [2.24, 2.45) is 23.7 Å². The van der Waals surface area contributed by atoms with Gasteiger partial charge in [0.05, 0.1) is 0 Å². The van der Waals surface area contributed by atoms with Gasteiger partial charge in [0, 0.05) is 24.7 Å². The van der Waals surface area contributed by atoms with Gasteiger partial charge in [-0.05, 0) is 11.8 Å². The van der Waals surface area contributed by atoms with Crippen LogP contribution in [0.25, 0.3) is 0 Å². The number of ketones is 2. The van der Waals surface area contributed by atoms with E-state index >= 15 is 0 Å². The van der Waals surface area contributed by atoms with E-state index < -0.39 is 0 Å². The third-order valence-corrected chi connectivity index (χ3v) is 3.57. The predicted molar refractivity (Wildman–Crippen MR) is 42.3 cm³/mol. The lowest BCUT2D eigenvalue weighted by Crippen LogP contribution is -2.15. The van der Waals surface area contributed by atoms with Crippen LogP contribution in [0.15, 0.2) is 12.2 Å². The highest BCUT2D eigenvalue weighted by atomic mass is 16.1. The maximum absolute atomic E-state index is 11.4. The molecule has 4 atom stereocenters. The van der Waals surface area contributed by atoms with Crippen LogP contribution in [0.2, 0.25) is 0 Å². The van der Waals surface area contributed by atoms with Gasteiger partial charge < -0.3 is 0 Å². The van der Waals surface area contributed by atoms with Crippen molar-refractivity contribution in [2.75, 3.05) is 0 Å². The first-order valence-electron chi connectivity index (χ1n) is 4.51. The lowest BCUT2D eigenvalue weighted by atomic mass is 9.91. The molecule has 0 spiro atoms. The molecule has 3 aliphatic carbocycles. The summed E-state index contributed by atoms with van der Waals surface area (Å²) in [6.07, 6.45) is 5.22. The molecule has 0 amide bonds. The number of carbonyl (C=O) groups excluding carboxylic acids is 2. The predicted octanol–water partition coefficient (Wildman–Crippen LogP) is 0.967. The van der Waals surface area contributed by atoms with E-state index in [2.05, 4.69) is 0 Å². The van der Waals surface area contributed by atoms with Crippen LogP contribution in [0.4, 0.5) is 0 Å². The van der Waals surface area contributed by atoms with Crippen LogP contribution in [0.1, 0.15) is 12.8 Å². The van der Waals surface area contributed by atoms with E-state index in [0.29, 0.717) is 36.2 Å². The number of allylic oxidation sites excluding steroid dienone is 2. The summed E-state index contributed by atoms with van der Waals surface area (Å²) in [7, 11) is 0. The van der Waals surface area contributed by atoms with E-state index in [0.717, 1.165) is 0 Å². The minimum Gasteiger partial charge on any atom is -0.299 e. The summed E-state index contributed by atoms with van der Waals surface area (Å²) >= 11 is 0. The van der Waals surface area contributed by atoms with Gasteiger partial charge in [-0.3, -0.25) is 9.59 Å². The molecule has 0 aromatic rings. The van der Waals surface area contributed by atoms with E-state index in [1.54, 1.807) is 0 Å². The Hall–Kier alpha value is -0.920. The van der Waals surface area contributed by atoms with E-state index in [1.165, 1.54) is 0 Å². The molecule has 12 heavy (non-hydrogen) atoms. The van der Waals surface area contributed by atoms with Gasteiger partial charge in [0.2, 0.25) is 0 Å². The lowest BCUT2D eigenvalue weighted by molar-refractivity contribution is -0.122. The summed E-state index contributed by atoms with van der Waals surface area (Å²) in [5, 5.41) is 0. The molecule has 2 nitrogen and oxygen atoms in total. The van der Waals surface area contributed by atoms with Crippen molar-refractivity contribution in [3.05, 3.63) is 12.2 Å². The van der Waals surface area contributed by atoms with E-state index in [4.69, 9.17) is 0 Å². The third kappa shape index (κ3) is 0.576. The SMILES string of the molecule is O=C1CC2CC(=O)[C@@H]3C=C[C@H]1C23. The quantitative estimate of drug-likeness (QED) is 0.497. The molecule has 2 fully saturated rings. The molecule has 2 unspecified atom stereocenters. The summed E-state index contributed by atoms with van der Waals surface area (Å²) in [5.41, 5.74) is 0. The van der Waals surface area contributed by atoms with Crippen LogP contribution in [-0.4, -0.2) is 11.6 Å². The molecular formula is C10H10O2. The van der Waals surface area contributed by atoms with Crippen molar-refractivity contribution in [2.45, 2.75) is 12.8 Å². The fourth-order valence-corrected chi connectivity index (χ4v) is 3.08. The molecule has 0 N–H and O–H groups in total. The second-order valence-electron chi connectivity index (χ2n) is 4.11. The van der Waals surface area contributed by atoms with Gasteiger partial charge in [0.1, 0.15) is 11.6 Å². The van der Waals surface area contributed by atoms with Gasteiger partial charge in [-0.15, -0.1) is 0 Å². The fraction of sp³-hybridized carbons (Fsp3) is 0.600. The fourth-order valence-electron chi connectivity index (χ4n) is 3.08. The van der Waals surface area contributed by atoms with E-state index in [-0.39, 0.29) is 11.8 Å². The van der Waals surface area contributed by atoms with Crippen molar-refractivity contribution in [1.82, 2.24) is 0 Å². The Bertz CT molecular complexity index is 275. The van der Waals surface area contributed by atoms with Crippen molar-refractivity contribution >= 4 is 11.6 Å². The smallest absolute Gasteiger partial charge is 0.140 e. The van der Waals surface area contributed by atoms with Crippen LogP contribution in [-0.2, 0) is 9.59 Å². The number of Topliss-reactive ketones (excluding diaryl/α,β-unsaturated/α-hetero) is 2. The van der Waals surface area contributed by atoms with Gasteiger partial charge >= 0.3 is 0 Å². The third-order valence-electron chi connectivity index (χ3n) is 3.57. The highest BCUT2D eigenvalue weighted by molar-refractivity contribution is 5.94. The topological polar surface area (TPSA) is 34.1 Å². The highest BCUT2D eigenvalue weighted by Crippen LogP contribution is 2.51. The number of hydrogen-bond donors (Lipinski definition) is 0. The number of rotatable bonds is 0. The Balaban J connectivity index is 2.07. The Morgan fingerprint density at radius 1 is 1.00 bits per heavy atom. The molecule has 0 bridgehead atoms. The van der Waals surface area contributed by atoms with Crippen LogP contribution in [0, 0.1) is 23.7 Å². The summed E-state index contributed by atoms with van der Waals surface area (Å²) in [4.78, 5) is 22.8. The summed E-state index contributed by atoms with van der Waals surface area (Å²) < 4.78 is 0. The Labute approximate surface area is 70.6 Å². The second-order valence-corrected chi connectivity index (χ2v) is 4.11. The van der Waals surface area contributed by atoms with Crippen LogP contribution in [0.3, 0.4) is 0 Å². The molecule has 62 valence electrons. The molecule has 0 radical (unpaired) electrons. The molecule has 0 saturated heterocycles. The molecule has 0 aliphatic heterocycles. The molecular weight excluding hydrogens is 152 g/mol. The zero-order chi connectivity index (χ0) is 8.29. The van der Waals surface area contributed by atoms with Crippen molar-refractivity contribution in [3.63, 3.8) is 0 Å². The first-order valence-corrected chi connectivity index (χ1v) is 4.51. The average Bonchev–Trinajstić information content (AvgIpc) is 2.59. The first kappa shape index (κ1) is 6.58. The van der Waals surface area contributed by atoms with E-state index in [9.17, 15) is 9.59 Å². The normalized spacial score (nSPS) is 49.0. The van der Waals surface area contributed by atoms with Gasteiger partial charge in [0.25, 0.3) is 0 Å². The summed E-state index contributed by atoms with van der Waals surface area (Å²) in [6, 6.07) is 0. The van der Waals surface area contributed by atoms with Crippen LogP contribution in [0.5, 0.6) is 0 Å². The average molecular weight is 162 g/mol. The number of hydrogen-bond acceptors (Lipinski definition) is 2. The van der Waals surface area contributed by atoms with Crippen molar-refractivity contribution in [3.8, 4) is 0 Å². The molecule has 2 saturated carbocycles.